The van der Waals surface area contributed by atoms with E-state index in [0.29, 0.717) is 5.02 Å². The molecule has 0 saturated heterocycles. The Morgan fingerprint density at radius 2 is 2.06 bits per heavy atom. The van der Waals surface area contributed by atoms with Crippen LogP contribution in [-0.2, 0) is 6.61 Å². The first-order valence-corrected chi connectivity index (χ1v) is 5.18. The van der Waals surface area contributed by atoms with Crippen LogP contribution in [-0.4, -0.2) is 15.3 Å². The summed E-state index contributed by atoms with van der Waals surface area (Å²) in [5.74, 6) is -0.458. The maximum absolute atomic E-state index is 13.6. The Labute approximate surface area is 102 Å². The number of nitrogens with zero attached hydrogens (tertiary/aromatic N) is 2. The number of nitrogen functional groups attached to an aromatic ring is 1. The highest BCUT2D eigenvalue weighted by atomic mass is 35.5. The molecule has 1 aromatic heterocycles. The number of benzene rings is 1. The van der Waals surface area contributed by atoms with Gasteiger partial charge >= 0.3 is 0 Å². The van der Waals surface area contributed by atoms with Crippen LogP contribution in [0.4, 0.5) is 10.1 Å². The van der Waals surface area contributed by atoms with Crippen LogP contribution in [0.5, 0.6) is 0 Å². The Balaban J connectivity index is 2.53. The molecule has 4 nitrogen and oxygen atoms in total. The van der Waals surface area contributed by atoms with Gasteiger partial charge in [-0.25, -0.2) is 4.39 Å². The fourth-order valence-electron chi connectivity index (χ4n) is 1.38. The zero-order valence-electron chi connectivity index (χ0n) is 8.69. The Hall–Kier alpha value is -1.72. The third-order valence-electron chi connectivity index (χ3n) is 2.26. The van der Waals surface area contributed by atoms with E-state index < -0.39 is 5.82 Å². The second-order valence-electron chi connectivity index (χ2n) is 3.41. The minimum absolute atomic E-state index is 0.223. The molecule has 0 saturated carbocycles. The number of hydrogen-bond donors (Lipinski definition) is 2. The van der Waals surface area contributed by atoms with Crippen molar-refractivity contribution in [2.75, 3.05) is 5.73 Å². The molecule has 0 aliphatic heterocycles. The van der Waals surface area contributed by atoms with Crippen molar-refractivity contribution < 1.29 is 9.50 Å². The quantitative estimate of drug-likeness (QED) is 0.859. The standard InChI is InChI=1S/C11H9ClFN3O/c12-6-1-2-8(13)7(3-6)10-4-9(14)11(5-17)16-15-10/h1-4,17H,5H2,(H2,14,15). The summed E-state index contributed by atoms with van der Waals surface area (Å²) < 4.78 is 13.6. The fourth-order valence-corrected chi connectivity index (χ4v) is 1.55. The molecule has 1 aromatic carbocycles. The molecule has 0 radical (unpaired) electrons. The van der Waals surface area contributed by atoms with Crippen molar-refractivity contribution in [2.24, 2.45) is 0 Å². The van der Waals surface area contributed by atoms with Gasteiger partial charge in [-0.2, -0.15) is 5.10 Å². The maximum atomic E-state index is 13.6. The number of nitrogens with two attached hydrogens (primary N) is 1. The molecule has 88 valence electrons. The number of aromatic nitrogens is 2. The summed E-state index contributed by atoms with van der Waals surface area (Å²) in [6, 6.07) is 5.58. The molecule has 3 N–H and O–H groups in total. The van der Waals surface area contributed by atoms with Gasteiger partial charge in [0.25, 0.3) is 0 Å². The predicted octanol–water partition coefficient (Wildman–Crippen LogP) is 2.01. The lowest BCUT2D eigenvalue weighted by Crippen LogP contribution is -2.01. The highest BCUT2D eigenvalue weighted by Crippen LogP contribution is 2.25. The van der Waals surface area contributed by atoms with Crippen LogP contribution < -0.4 is 5.73 Å². The molecule has 0 unspecified atom stereocenters. The van der Waals surface area contributed by atoms with Crippen LogP contribution in [0.25, 0.3) is 11.3 Å². The Morgan fingerprint density at radius 3 is 2.71 bits per heavy atom. The van der Waals surface area contributed by atoms with Crippen molar-refractivity contribution in [1.82, 2.24) is 10.2 Å². The van der Waals surface area contributed by atoms with Crippen molar-refractivity contribution in [3.8, 4) is 11.3 Å². The van der Waals surface area contributed by atoms with E-state index >= 15 is 0 Å². The number of rotatable bonds is 2. The van der Waals surface area contributed by atoms with Crippen LogP contribution >= 0.6 is 11.6 Å². The minimum Gasteiger partial charge on any atom is -0.397 e. The van der Waals surface area contributed by atoms with Gasteiger partial charge in [0.15, 0.2) is 0 Å². The van der Waals surface area contributed by atoms with Crippen molar-refractivity contribution in [3.05, 3.63) is 40.8 Å². The summed E-state index contributed by atoms with van der Waals surface area (Å²) in [5, 5.41) is 16.8. The molecule has 0 aliphatic rings. The predicted molar refractivity (Wildman–Crippen MR) is 62.8 cm³/mol. The zero-order valence-corrected chi connectivity index (χ0v) is 9.45. The van der Waals surface area contributed by atoms with Crippen LogP contribution in [0, 0.1) is 5.82 Å². The first-order chi connectivity index (χ1) is 8.11. The Bertz CT molecular complexity index is 562. The molecule has 17 heavy (non-hydrogen) atoms. The highest BCUT2D eigenvalue weighted by molar-refractivity contribution is 6.30. The first kappa shape index (κ1) is 11.8. The lowest BCUT2D eigenvalue weighted by molar-refractivity contribution is 0.276. The minimum atomic E-state index is -0.458. The van der Waals surface area contributed by atoms with E-state index in [1.807, 2.05) is 0 Å². The Morgan fingerprint density at radius 1 is 1.29 bits per heavy atom. The molecule has 6 heteroatoms. The van der Waals surface area contributed by atoms with Gasteiger partial charge in [0.05, 0.1) is 18.0 Å². The van der Waals surface area contributed by atoms with E-state index in [-0.39, 0.29) is 29.2 Å². The normalized spacial score (nSPS) is 10.5. The topological polar surface area (TPSA) is 72.0 Å². The Kier molecular flexibility index (Phi) is 3.21. The molecule has 0 aliphatic carbocycles. The molecule has 1 heterocycles. The number of anilines is 1. The maximum Gasteiger partial charge on any atom is 0.132 e. The van der Waals surface area contributed by atoms with Crippen LogP contribution in [0.15, 0.2) is 24.3 Å². The van der Waals surface area contributed by atoms with Gasteiger partial charge in [-0.1, -0.05) is 11.6 Å². The molecule has 2 rings (SSSR count). The van der Waals surface area contributed by atoms with Crippen molar-refractivity contribution in [1.29, 1.82) is 0 Å². The summed E-state index contributed by atoms with van der Waals surface area (Å²) in [6.45, 7) is -0.308. The van der Waals surface area contributed by atoms with E-state index in [0.717, 1.165) is 0 Å². The van der Waals surface area contributed by atoms with Gasteiger partial charge in [-0.3, -0.25) is 0 Å². The van der Waals surface area contributed by atoms with Gasteiger partial charge in [0, 0.05) is 10.6 Å². The number of halogens is 2. The SMILES string of the molecule is Nc1cc(-c2cc(Cl)ccc2F)nnc1CO. The molecular weight excluding hydrogens is 245 g/mol. The summed E-state index contributed by atoms with van der Waals surface area (Å²) >= 11 is 5.78. The molecule has 0 atom stereocenters. The van der Waals surface area contributed by atoms with Gasteiger partial charge < -0.3 is 10.8 Å². The van der Waals surface area contributed by atoms with E-state index in [1.54, 1.807) is 0 Å². The van der Waals surface area contributed by atoms with E-state index in [2.05, 4.69) is 10.2 Å². The molecule has 0 spiro atoms. The molecule has 0 fully saturated rings. The second kappa shape index (κ2) is 4.65. The lowest BCUT2D eigenvalue weighted by atomic mass is 10.1. The van der Waals surface area contributed by atoms with Crippen LogP contribution in [0.3, 0.4) is 0 Å². The largest absolute Gasteiger partial charge is 0.397 e. The van der Waals surface area contributed by atoms with Crippen molar-refractivity contribution in [3.63, 3.8) is 0 Å². The number of aliphatic hydroxyl groups excluding tert-OH is 1. The number of hydrogen-bond acceptors (Lipinski definition) is 4. The summed E-state index contributed by atoms with van der Waals surface area (Å²) in [7, 11) is 0. The third-order valence-corrected chi connectivity index (χ3v) is 2.49. The average molecular weight is 254 g/mol. The lowest BCUT2D eigenvalue weighted by Gasteiger charge is -2.05. The van der Waals surface area contributed by atoms with Gasteiger partial charge in [0.2, 0.25) is 0 Å². The van der Waals surface area contributed by atoms with E-state index in [1.165, 1.54) is 24.3 Å². The molecule has 0 amide bonds. The average Bonchev–Trinajstić information content (AvgIpc) is 2.32. The fraction of sp³-hybridized carbons (Fsp3) is 0.0909. The third kappa shape index (κ3) is 2.35. The monoisotopic (exact) mass is 253 g/mol. The first-order valence-electron chi connectivity index (χ1n) is 4.80. The zero-order chi connectivity index (χ0) is 12.4. The van der Waals surface area contributed by atoms with Crippen molar-refractivity contribution >= 4 is 17.3 Å². The van der Waals surface area contributed by atoms with E-state index in [4.69, 9.17) is 22.4 Å². The number of aliphatic hydroxyl groups is 1. The second-order valence-corrected chi connectivity index (χ2v) is 3.85. The smallest absolute Gasteiger partial charge is 0.132 e. The van der Waals surface area contributed by atoms with Crippen LogP contribution in [0.1, 0.15) is 5.69 Å². The van der Waals surface area contributed by atoms with Gasteiger partial charge in [0.1, 0.15) is 11.5 Å². The summed E-state index contributed by atoms with van der Waals surface area (Å²) in [4.78, 5) is 0. The highest BCUT2D eigenvalue weighted by Gasteiger charge is 2.10. The summed E-state index contributed by atoms with van der Waals surface area (Å²) in [6.07, 6.45) is 0. The summed E-state index contributed by atoms with van der Waals surface area (Å²) in [5.41, 5.74) is 6.66. The van der Waals surface area contributed by atoms with Crippen LogP contribution in [0.2, 0.25) is 5.02 Å². The molecule has 2 aromatic rings. The van der Waals surface area contributed by atoms with E-state index in [9.17, 15) is 4.39 Å². The molecule has 0 bridgehead atoms. The van der Waals surface area contributed by atoms with Gasteiger partial charge in [-0.05, 0) is 24.3 Å². The van der Waals surface area contributed by atoms with Gasteiger partial charge in [-0.15, -0.1) is 5.10 Å². The molecular formula is C11H9ClFN3O. The van der Waals surface area contributed by atoms with Crippen molar-refractivity contribution in [2.45, 2.75) is 6.61 Å².